The zero-order chi connectivity index (χ0) is 20.7. The van der Waals surface area contributed by atoms with Gasteiger partial charge in [-0.15, -0.1) is 0 Å². The van der Waals surface area contributed by atoms with Gasteiger partial charge in [-0.05, 0) is 12.1 Å². The van der Waals surface area contributed by atoms with Crippen molar-refractivity contribution in [2.45, 2.75) is 0 Å². The molecule has 0 spiro atoms. The van der Waals surface area contributed by atoms with Crippen LogP contribution in [0.5, 0.6) is 28.7 Å². The van der Waals surface area contributed by atoms with Gasteiger partial charge in [0.15, 0.2) is 11.5 Å². The maximum absolute atomic E-state index is 12.3. The number of carbonyl (C=O) groups is 2. The van der Waals surface area contributed by atoms with E-state index < -0.39 is 11.8 Å². The van der Waals surface area contributed by atoms with Crippen molar-refractivity contribution in [2.75, 3.05) is 46.2 Å². The first kappa shape index (κ1) is 20.7. The number of hydrogen-bond acceptors (Lipinski definition) is 7. The van der Waals surface area contributed by atoms with Crippen LogP contribution in [-0.4, -0.2) is 47.4 Å². The fourth-order valence-corrected chi connectivity index (χ4v) is 2.43. The van der Waals surface area contributed by atoms with Gasteiger partial charge >= 0.3 is 11.8 Å². The summed E-state index contributed by atoms with van der Waals surface area (Å²) in [6.45, 7) is 0. The zero-order valence-corrected chi connectivity index (χ0v) is 16.2. The maximum atomic E-state index is 12.3. The summed E-state index contributed by atoms with van der Waals surface area (Å²) in [6.07, 6.45) is 0. The van der Waals surface area contributed by atoms with Gasteiger partial charge in [0.25, 0.3) is 0 Å². The van der Waals surface area contributed by atoms with Gasteiger partial charge < -0.3 is 34.3 Å². The first-order valence-corrected chi connectivity index (χ1v) is 8.11. The molecule has 150 valence electrons. The standard InChI is InChI=1S/C19H22N2O7/c1-24-12-6-7-14(25-2)13(10-12)21-19(23)18(22)20-11-8-15(26-3)17(28-5)16(9-11)27-4/h6-10H,1-5H3,(H,20,22)(H,21,23). The average Bonchev–Trinajstić information content (AvgIpc) is 2.72. The number of ether oxygens (including phenoxy) is 5. The van der Waals surface area contributed by atoms with Crippen molar-refractivity contribution in [1.29, 1.82) is 0 Å². The third-order valence-corrected chi connectivity index (χ3v) is 3.78. The Kier molecular flexibility index (Phi) is 6.91. The summed E-state index contributed by atoms with van der Waals surface area (Å²) in [5.74, 6) is 0.155. The molecule has 0 saturated carbocycles. The fourth-order valence-electron chi connectivity index (χ4n) is 2.43. The number of rotatable bonds is 7. The molecule has 9 heteroatoms. The highest BCUT2D eigenvalue weighted by molar-refractivity contribution is 6.43. The predicted molar refractivity (Wildman–Crippen MR) is 103 cm³/mol. The molecule has 2 N–H and O–H groups in total. The highest BCUT2D eigenvalue weighted by atomic mass is 16.5. The highest BCUT2D eigenvalue weighted by Crippen LogP contribution is 2.40. The fraction of sp³-hybridized carbons (Fsp3) is 0.263. The lowest BCUT2D eigenvalue weighted by Gasteiger charge is -2.15. The van der Waals surface area contributed by atoms with Crippen molar-refractivity contribution in [1.82, 2.24) is 0 Å². The third-order valence-electron chi connectivity index (χ3n) is 3.78. The van der Waals surface area contributed by atoms with Crippen molar-refractivity contribution in [3.63, 3.8) is 0 Å². The van der Waals surface area contributed by atoms with Crippen molar-refractivity contribution < 1.29 is 33.3 Å². The molecule has 0 heterocycles. The summed E-state index contributed by atoms with van der Waals surface area (Å²) in [7, 11) is 7.31. The third kappa shape index (κ3) is 4.56. The second-order valence-corrected chi connectivity index (χ2v) is 5.39. The predicted octanol–water partition coefficient (Wildman–Crippen LogP) is 2.31. The molecule has 9 nitrogen and oxygen atoms in total. The van der Waals surface area contributed by atoms with Crippen LogP contribution in [0.1, 0.15) is 0 Å². The van der Waals surface area contributed by atoms with Crippen LogP contribution in [0.4, 0.5) is 11.4 Å². The minimum Gasteiger partial charge on any atom is -0.497 e. The normalized spacial score (nSPS) is 9.89. The van der Waals surface area contributed by atoms with Crippen LogP contribution in [0.25, 0.3) is 0 Å². The molecule has 0 atom stereocenters. The van der Waals surface area contributed by atoms with E-state index >= 15 is 0 Å². The van der Waals surface area contributed by atoms with Gasteiger partial charge in [0, 0.05) is 23.9 Å². The van der Waals surface area contributed by atoms with Gasteiger partial charge in [0.05, 0.1) is 41.2 Å². The molecule has 0 radical (unpaired) electrons. The number of carbonyl (C=O) groups excluding carboxylic acids is 2. The topological polar surface area (TPSA) is 104 Å². The second-order valence-electron chi connectivity index (χ2n) is 5.39. The van der Waals surface area contributed by atoms with Crippen LogP contribution in [-0.2, 0) is 9.59 Å². The van der Waals surface area contributed by atoms with Crippen LogP contribution >= 0.6 is 0 Å². The molecular weight excluding hydrogens is 368 g/mol. The Morgan fingerprint density at radius 3 is 1.75 bits per heavy atom. The van der Waals surface area contributed by atoms with Crippen molar-refractivity contribution in [3.05, 3.63) is 30.3 Å². The molecule has 2 aromatic rings. The molecule has 0 saturated heterocycles. The minimum absolute atomic E-state index is 0.298. The molecular formula is C19H22N2O7. The molecule has 0 fully saturated rings. The van der Waals surface area contributed by atoms with E-state index in [2.05, 4.69) is 10.6 Å². The van der Waals surface area contributed by atoms with Gasteiger partial charge in [-0.2, -0.15) is 0 Å². The number of benzene rings is 2. The van der Waals surface area contributed by atoms with Gasteiger partial charge in [-0.1, -0.05) is 0 Å². The Balaban J connectivity index is 2.20. The summed E-state index contributed by atoms with van der Waals surface area (Å²) in [4.78, 5) is 24.6. The molecule has 2 aromatic carbocycles. The molecule has 0 aliphatic carbocycles. The van der Waals surface area contributed by atoms with Gasteiger partial charge in [-0.3, -0.25) is 9.59 Å². The second kappa shape index (κ2) is 9.36. The smallest absolute Gasteiger partial charge is 0.314 e. The van der Waals surface area contributed by atoms with Gasteiger partial charge in [0.2, 0.25) is 5.75 Å². The van der Waals surface area contributed by atoms with E-state index in [-0.39, 0.29) is 0 Å². The average molecular weight is 390 g/mol. The number of amides is 2. The molecule has 2 amide bonds. The molecule has 2 rings (SSSR count). The number of nitrogens with one attached hydrogen (secondary N) is 2. The first-order chi connectivity index (χ1) is 13.5. The van der Waals surface area contributed by atoms with Crippen LogP contribution in [0.15, 0.2) is 30.3 Å². The zero-order valence-electron chi connectivity index (χ0n) is 16.2. The number of hydrogen-bond donors (Lipinski definition) is 2. The molecule has 0 aliphatic rings. The first-order valence-electron chi connectivity index (χ1n) is 8.11. The van der Waals surface area contributed by atoms with E-state index in [1.807, 2.05) is 0 Å². The van der Waals surface area contributed by atoms with E-state index in [9.17, 15) is 9.59 Å². The lowest BCUT2D eigenvalue weighted by atomic mass is 10.2. The molecule has 0 bridgehead atoms. The van der Waals surface area contributed by atoms with Crippen molar-refractivity contribution in [3.8, 4) is 28.7 Å². The monoisotopic (exact) mass is 390 g/mol. The number of methoxy groups -OCH3 is 5. The van der Waals surface area contributed by atoms with E-state index in [4.69, 9.17) is 23.7 Å². The van der Waals surface area contributed by atoms with E-state index in [1.165, 1.54) is 47.7 Å². The Morgan fingerprint density at radius 2 is 1.25 bits per heavy atom. The van der Waals surface area contributed by atoms with Crippen LogP contribution in [0, 0.1) is 0 Å². The number of anilines is 2. The SMILES string of the molecule is COc1ccc(OC)c(NC(=O)C(=O)Nc2cc(OC)c(OC)c(OC)c2)c1. The summed E-state index contributed by atoms with van der Waals surface area (Å²) >= 11 is 0. The lowest BCUT2D eigenvalue weighted by Crippen LogP contribution is -2.29. The lowest BCUT2D eigenvalue weighted by molar-refractivity contribution is -0.133. The van der Waals surface area contributed by atoms with E-state index in [1.54, 1.807) is 18.2 Å². The Hall–Kier alpha value is -3.62. The molecule has 0 unspecified atom stereocenters. The molecule has 0 aliphatic heterocycles. The Labute approximate surface area is 162 Å². The van der Waals surface area contributed by atoms with Crippen molar-refractivity contribution in [2.24, 2.45) is 0 Å². The Morgan fingerprint density at radius 1 is 0.679 bits per heavy atom. The van der Waals surface area contributed by atoms with Crippen molar-refractivity contribution >= 4 is 23.2 Å². The summed E-state index contributed by atoms with van der Waals surface area (Å²) in [5, 5.41) is 4.98. The summed E-state index contributed by atoms with van der Waals surface area (Å²) < 4.78 is 26.0. The van der Waals surface area contributed by atoms with Crippen LogP contribution in [0.3, 0.4) is 0 Å². The maximum Gasteiger partial charge on any atom is 0.314 e. The largest absolute Gasteiger partial charge is 0.497 e. The molecule has 28 heavy (non-hydrogen) atoms. The van der Waals surface area contributed by atoms with Crippen LogP contribution < -0.4 is 34.3 Å². The van der Waals surface area contributed by atoms with Crippen LogP contribution in [0.2, 0.25) is 0 Å². The highest BCUT2D eigenvalue weighted by Gasteiger charge is 2.19. The molecule has 0 aromatic heterocycles. The quantitative estimate of drug-likeness (QED) is 0.699. The van der Waals surface area contributed by atoms with E-state index in [0.29, 0.717) is 40.1 Å². The Bertz CT molecular complexity index is 842. The van der Waals surface area contributed by atoms with Gasteiger partial charge in [0.1, 0.15) is 11.5 Å². The minimum atomic E-state index is -0.890. The summed E-state index contributed by atoms with van der Waals surface area (Å²) in [6, 6.07) is 7.86. The van der Waals surface area contributed by atoms with Gasteiger partial charge in [-0.25, -0.2) is 0 Å². The van der Waals surface area contributed by atoms with E-state index in [0.717, 1.165) is 0 Å². The summed E-state index contributed by atoms with van der Waals surface area (Å²) in [5.41, 5.74) is 0.596.